The number of sulfonamides is 1. The van der Waals surface area contributed by atoms with Crippen LogP contribution in [0.2, 0.25) is 0 Å². The Kier molecular flexibility index (Phi) is 3.64. The molecule has 1 aromatic rings. The minimum Gasteiger partial charge on any atom is -0.478 e. The molecule has 1 heterocycles. The van der Waals surface area contributed by atoms with Crippen LogP contribution in [0, 0.1) is 0 Å². The molecule has 1 aromatic carbocycles. The SMILES string of the molecule is CC(C)S(=O)(=O)N1CCc2c(cccc2C(=O)O)C1. The highest BCUT2D eigenvalue weighted by Gasteiger charge is 2.30. The van der Waals surface area contributed by atoms with Gasteiger partial charge in [-0.2, -0.15) is 4.31 Å². The van der Waals surface area contributed by atoms with Crippen LogP contribution in [0.15, 0.2) is 18.2 Å². The number of hydrogen-bond acceptors (Lipinski definition) is 3. The highest BCUT2D eigenvalue weighted by molar-refractivity contribution is 7.89. The molecule has 0 saturated carbocycles. The Bertz CT molecular complexity index is 607. The quantitative estimate of drug-likeness (QED) is 0.911. The number of hydrogen-bond donors (Lipinski definition) is 1. The summed E-state index contributed by atoms with van der Waals surface area (Å²) in [5.41, 5.74) is 1.82. The lowest BCUT2D eigenvalue weighted by Crippen LogP contribution is -2.40. The maximum absolute atomic E-state index is 12.1. The molecule has 19 heavy (non-hydrogen) atoms. The third-order valence-corrected chi connectivity index (χ3v) is 5.64. The van der Waals surface area contributed by atoms with Crippen molar-refractivity contribution in [3.8, 4) is 0 Å². The van der Waals surface area contributed by atoms with Crippen molar-refractivity contribution in [2.24, 2.45) is 0 Å². The lowest BCUT2D eigenvalue weighted by Gasteiger charge is -2.30. The van der Waals surface area contributed by atoms with Gasteiger partial charge >= 0.3 is 5.97 Å². The van der Waals surface area contributed by atoms with Crippen molar-refractivity contribution in [2.45, 2.75) is 32.1 Å². The number of nitrogens with zero attached hydrogens (tertiary/aromatic N) is 1. The standard InChI is InChI=1S/C13H17NO4S/c1-9(2)19(17,18)14-7-6-11-10(8-14)4-3-5-12(11)13(15)16/h3-5,9H,6-8H2,1-2H3,(H,15,16). The summed E-state index contributed by atoms with van der Waals surface area (Å²) in [5, 5.41) is 8.66. The van der Waals surface area contributed by atoms with Crippen molar-refractivity contribution < 1.29 is 18.3 Å². The predicted octanol–water partition coefficient (Wildman–Crippen LogP) is 1.48. The monoisotopic (exact) mass is 283 g/mol. The zero-order valence-corrected chi connectivity index (χ0v) is 11.8. The fourth-order valence-electron chi connectivity index (χ4n) is 2.30. The highest BCUT2D eigenvalue weighted by atomic mass is 32.2. The highest BCUT2D eigenvalue weighted by Crippen LogP contribution is 2.25. The molecule has 104 valence electrons. The van der Waals surface area contributed by atoms with Crippen LogP contribution < -0.4 is 0 Å². The largest absolute Gasteiger partial charge is 0.478 e. The molecule has 0 atom stereocenters. The number of carboxylic acids is 1. The third kappa shape index (κ3) is 2.50. The molecule has 2 rings (SSSR count). The molecule has 0 aliphatic carbocycles. The molecule has 1 aliphatic rings. The molecule has 6 heteroatoms. The number of rotatable bonds is 3. The number of carboxylic acid groups (broad SMARTS) is 1. The van der Waals surface area contributed by atoms with E-state index in [2.05, 4.69) is 0 Å². The van der Waals surface area contributed by atoms with E-state index >= 15 is 0 Å². The fraction of sp³-hybridized carbons (Fsp3) is 0.462. The van der Waals surface area contributed by atoms with E-state index in [1.54, 1.807) is 32.0 Å². The van der Waals surface area contributed by atoms with Crippen LogP contribution in [0.1, 0.15) is 35.3 Å². The van der Waals surface area contributed by atoms with E-state index in [0.29, 0.717) is 13.0 Å². The van der Waals surface area contributed by atoms with Gasteiger partial charge in [0.15, 0.2) is 0 Å². The van der Waals surface area contributed by atoms with Gasteiger partial charge in [0.25, 0.3) is 0 Å². The van der Waals surface area contributed by atoms with Crippen molar-refractivity contribution in [1.82, 2.24) is 4.31 Å². The number of aromatic carboxylic acids is 1. The first-order chi connectivity index (χ1) is 8.84. The topological polar surface area (TPSA) is 74.7 Å². The summed E-state index contributed by atoms with van der Waals surface area (Å²) in [5.74, 6) is -0.961. The molecule has 0 aromatic heterocycles. The van der Waals surface area contributed by atoms with Crippen molar-refractivity contribution in [3.63, 3.8) is 0 Å². The molecule has 1 N–H and O–H groups in total. The van der Waals surface area contributed by atoms with Crippen LogP contribution in [0.4, 0.5) is 0 Å². The first kappa shape index (κ1) is 14.0. The Morgan fingerprint density at radius 3 is 2.63 bits per heavy atom. The van der Waals surface area contributed by atoms with Gasteiger partial charge in [-0.25, -0.2) is 13.2 Å². The van der Waals surface area contributed by atoms with E-state index in [-0.39, 0.29) is 12.1 Å². The van der Waals surface area contributed by atoms with Crippen molar-refractivity contribution in [2.75, 3.05) is 6.54 Å². The summed E-state index contributed by atoms with van der Waals surface area (Å²) in [6, 6.07) is 5.02. The molecular weight excluding hydrogens is 266 g/mol. The zero-order valence-electron chi connectivity index (χ0n) is 11.0. The van der Waals surface area contributed by atoms with Gasteiger partial charge in [-0.1, -0.05) is 12.1 Å². The van der Waals surface area contributed by atoms with Crippen molar-refractivity contribution in [3.05, 3.63) is 34.9 Å². The van der Waals surface area contributed by atoms with Crippen LogP contribution in [0.5, 0.6) is 0 Å². The molecule has 0 fully saturated rings. The van der Waals surface area contributed by atoms with Gasteiger partial charge in [0.2, 0.25) is 10.0 Å². The number of fused-ring (bicyclic) bond motifs is 1. The maximum atomic E-state index is 12.1. The van der Waals surface area contributed by atoms with Crippen LogP contribution in [-0.2, 0) is 23.0 Å². The molecule has 0 amide bonds. The first-order valence-corrected chi connectivity index (χ1v) is 7.67. The van der Waals surface area contributed by atoms with Gasteiger partial charge in [0, 0.05) is 13.1 Å². The summed E-state index contributed by atoms with van der Waals surface area (Å²) < 4.78 is 25.7. The summed E-state index contributed by atoms with van der Waals surface area (Å²) in [6.45, 7) is 3.91. The van der Waals surface area contributed by atoms with Crippen LogP contribution in [0.3, 0.4) is 0 Å². The minimum atomic E-state index is -3.29. The smallest absolute Gasteiger partial charge is 0.335 e. The summed E-state index contributed by atoms with van der Waals surface area (Å²) in [6.07, 6.45) is 0.448. The Hall–Kier alpha value is -1.40. The normalized spacial score (nSPS) is 16.4. The number of benzene rings is 1. The Labute approximate surface area is 112 Å². The lowest BCUT2D eigenvalue weighted by molar-refractivity contribution is 0.0695. The van der Waals surface area contributed by atoms with Crippen LogP contribution in [-0.4, -0.2) is 35.6 Å². The second-order valence-corrected chi connectivity index (χ2v) is 7.41. The summed E-state index contributed by atoms with van der Waals surface area (Å²) in [7, 11) is -3.29. The van der Waals surface area contributed by atoms with E-state index in [4.69, 9.17) is 5.11 Å². The van der Waals surface area contributed by atoms with Gasteiger partial charge in [-0.3, -0.25) is 0 Å². The Morgan fingerprint density at radius 2 is 2.05 bits per heavy atom. The van der Waals surface area contributed by atoms with Gasteiger partial charge in [0.1, 0.15) is 0 Å². The minimum absolute atomic E-state index is 0.261. The molecule has 1 aliphatic heterocycles. The molecule has 5 nitrogen and oxygen atoms in total. The van der Waals surface area contributed by atoms with E-state index in [1.165, 1.54) is 4.31 Å². The van der Waals surface area contributed by atoms with Gasteiger partial charge < -0.3 is 5.11 Å². The average Bonchev–Trinajstić information content (AvgIpc) is 2.36. The van der Waals surface area contributed by atoms with E-state index in [9.17, 15) is 13.2 Å². The molecular formula is C13H17NO4S. The van der Waals surface area contributed by atoms with Gasteiger partial charge in [-0.15, -0.1) is 0 Å². The second-order valence-electron chi connectivity index (χ2n) is 4.93. The molecule has 0 saturated heterocycles. The van der Waals surface area contributed by atoms with Gasteiger partial charge in [0.05, 0.1) is 10.8 Å². The second kappa shape index (κ2) is 4.94. The van der Waals surface area contributed by atoms with E-state index < -0.39 is 21.2 Å². The molecule has 0 unspecified atom stereocenters. The Morgan fingerprint density at radius 1 is 1.37 bits per heavy atom. The summed E-state index contributed by atoms with van der Waals surface area (Å²) in [4.78, 5) is 11.1. The van der Waals surface area contributed by atoms with E-state index in [1.807, 2.05) is 0 Å². The van der Waals surface area contributed by atoms with E-state index in [0.717, 1.165) is 11.1 Å². The third-order valence-electron chi connectivity index (χ3n) is 3.42. The molecule has 0 radical (unpaired) electrons. The molecule has 0 bridgehead atoms. The average molecular weight is 283 g/mol. The molecule has 0 spiro atoms. The lowest BCUT2D eigenvalue weighted by atomic mass is 9.95. The van der Waals surface area contributed by atoms with Crippen LogP contribution >= 0.6 is 0 Å². The predicted molar refractivity (Wildman–Crippen MR) is 71.6 cm³/mol. The summed E-state index contributed by atoms with van der Waals surface area (Å²) >= 11 is 0. The fourth-order valence-corrected chi connectivity index (χ4v) is 3.56. The maximum Gasteiger partial charge on any atom is 0.335 e. The van der Waals surface area contributed by atoms with Gasteiger partial charge in [-0.05, 0) is 37.5 Å². The zero-order chi connectivity index (χ0) is 14.2. The Balaban J connectivity index is 2.37. The number of carbonyl (C=O) groups is 1. The first-order valence-electron chi connectivity index (χ1n) is 6.17. The van der Waals surface area contributed by atoms with Crippen LogP contribution in [0.25, 0.3) is 0 Å². The van der Waals surface area contributed by atoms with Crippen molar-refractivity contribution >= 4 is 16.0 Å². The van der Waals surface area contributed by atoms with Crippen molar-refractivity contribution in [1.29, 1.82) is 0 Å².